The number of benzene rings is 4. The molecular weight excluding hydrogens is 862 g/mol. The first-order chi connectivity index (χ1) is 22.6. The van der Waals surface area contributed by atoms with Crippen LogP contribution >= 0.6 is 23.5 Å². The maximum Gasteiger partial charge on any atom is 2.00 e. The first kappa shape index (κ1) is 47.8. The SMILES string of the molecule is CC(=O)[O-].CC(=O)[O-].CC(=O)[O-].CC(=O)[O-].NC1=Nc2ccccc2Sc2ccccc21.NC1=Nc2ccccc2Sc2ccccc21.[Rh+2].[Rh+2]. The van der Waals surface area contributed by atoms with Crippen LogP contribution in [-0.4, -0.2) is 35.5 Å². The number of carbonyl (C=O) groups is 4. The molecule has 6 rings (SSSR count). The molecule has 0 aliphatic carbocycles. The molecule has 0 saturated carbocycles. The molecule has 266 valence electrons. The largest absolute Gasteiger partial charge is 2.00 e. The number of carboxylic acid groups (broad SMARTS) is 4. The van der Waals surface area contributed by atoms with E-state index in [-0.39, 0.29) is 39.0 Å². The maximum absolute atomic E-state index is 8.89. The Labute approximate surface area is 324 Å². The minimum atomic E-state index is -1.08. The molecule has 12 nitrogen and oxygen atoms in total. The molecule has 0 saturated heterocycles. The van der Waals surface area contributed by atoms with Gasteiger partial charge in [0.2, 0.25) is 0 Å². The molecule has 0 atom stereocenters. The molecule has 16 heteroatoms. The van der Waals surface area contributed by atoms with Crippen LogP contribution in [0.3, 0.4) is 0 Å². The molecule has 0 amide bonds. The van der Waals surface area contributed by atoms with E-state index in [2.05, 4.69) is 34.3 Å². The van der Waals surface area contributed by atoms with Crippen LogP contribution in [0, 0.1) is 0 Å². The number of hydrogen-bond acceptors (Lipinski definition) is 14. The summed E-state index contributed by atoms with van der Waals surface area (Å²) in [6, 6.07) is 32.3. The van der Waals surface area contributed by atoms with Gasteiger partial charge in [-0.15, -0.1) is 0 Å². The summed E-state index contributed by atoms with van der Waals surface area (Å²) in [6.07, 6.45) is 0. The molecule has 2 aliphatic heterocycles. The number of nitrogens with two attached hydrogens (primary N) is 2. The van der Waals surface area contributed by atoms with Crippen LogP contribution in [0.15, 0.2) is 127 Å². The number of rotatable bonds is 0. The smallest absolute Gasteiger partial charge is 0.550 e. The van der Waals surface area contributed by atoms with Crippen molar-refractivity contribution in [2.75, 3.05) is 0 Å². The van der Waals surface area contributed by atoms with Gasteiger partial charge in [-0.05, 0) is 64.1 Å². The van der Waals surface area contributed by atoms with Gasteiger partial charge in [0, 0.05) is 54.6 Å². The second-order valence-corrected chi connectivity index (χ2v) is 11.3. The summed E-state index contributed by atoms with van der Waals surface area (Å²) < 4.78 is 0. The molecule has 50 heavy (non-hydrogen) atoms. The normalized spacial score (nSPS) is 10.6. The van der Waals surface area contributed by atoms with Crippen LogP contribution in [0.25, 0.3) is 0 Å². The van der Waals surface area contributed by atoms with Crippen LogP contribution in [0.5, 0.6) is 0 Å². The van der Waals surface area contributed by atoms with Crippen LogP contribution in [-0.2, 0) is 58.1 Å². The molecule has 2 heterocycles. The number of hydrogen-bond donors (Lipinski definition) is 2. The Morgan fingerprint density at radius 1 is 0.460 bits per heavy atom. The van der Waals surface area contributed by atoms with Crippen molar-refractivity contribution in [3.05, 3.63) is 108 Å². The number of fused-ring (bicyclic) bond motifs is 4. The Morgan fingerprint density at radius 2 is 0.680 bits per heavy atom. The van der Waals surface area contributed by atoms with Crippen molar-refractivity contribution < 1.29 is 78.6 Å². The summed E-state index contributed by atoms with van der Waals surface area (Å²) in [4.78, 5) is 49.1. The van der Waals surface area contributed by atoms with Crippen molar-refractivity contribution in [2.45, 2.75) is 47.3 Å². The topological polar surface area (TPSA) is 237 Å². The van der Waals surface area contributed by atoms with Crippen LogP contribution < -0.4 is 31.9 Å². The third kappa shape index (κ3) is 19.6. The maximum atomic E-state index is 8.89. The summed E-state index contributed by atoms with van der Waals surface area (Å²) in [5, 5.41) is 35.6. The molecule has 4 N–H and O–H groups in total. The molecule has 2 aliphatic rings. The van der Waals surface area contributed by atoms with E-state index in [1.54, 1.807) is 23.5 Å². The average Bonchev–Trinajstić information content (AvgIpc) is 3.23. The van der Waals surface area contributed by atoms with Gasteiger partial charge in [-0.2, -0.15) is 0 Å². The summed E-state index contributed by atoms with van der Waals surface area (Å²) in [5.41, 5.74) is 15.9. The van der Waals surface area contributed by atoms with Crippen molar-refractivity contribution in [1.82, 2.24) is 0 Å². The Bertz CT molecular complexity index is 1620. The van der Waals surface area contributed by atoms with Crippen molar-refractivity contribution >= 4 is 70.4 Å². The van der Waals surface area contributed by atoms with Gasteiger partial charge in [0.25, 0.3) is 0 Å². The number of aliphatic imine (C=N–C) groups is 2. The van der Waals surface area contributed by atoms with E-state index >= 15 is 0 Å². The summed E-state index contributed by atoms with van der Waals surface area (Å²) in [6.45, 7) is 3.89. The van der Waals surface area contributed by atoms with E-state index in [0.29, 0.717) is 11.7 Å². The predicted octanol–water partition coefficient (Wildman–Crippen LogP) is 1.40. The van der Waals surface area contributed by atoms with E-state index in [0.717, 1.165) is 69.8 Å². The van der Waals surface area contributed by atoms with Crippen molar-refractivity contribution in [3.63, 3.8) is 0 Å². The fourth-order valence-corrected chi connectivity index (χ4v) is 5.49. The van der Waals surface area contributed by atoms with Crippen molar-refractivity contribution in [2.24, 2.45) is 21.5 Å². The number of amidine groups is 2. The van der Waals surface area contributed by atoms with E-state index in [9.17, 15) is 0 Å². The zero-order chi connectivity index (χ0) is 36.2. The minimum absolute atomic E-state index is 0. The Hall–Kier alpha value is -4.35. The second-order valence-electron chi connectivity index (χ2n) is 9.09. The van der Waals surface area contributed by atoms with Gasteiger partial charge in [-0.3, -0.25) is 0 Å². The van der Waals surface area contributed by atoms with Gasteiger partial charge in [0.15, 0.2) is 0 Å². The summed E-state index contributed by atoms with van der Waals surface area (Å²) in [7, 11) is 0. The molecule has 4 aromatic carbocycles. The number of para-hydroxylation sites is 2. The number of carboxylic acids is 4. The zero-order valence-electron chi connectivity index (χ0n) is 27.0. The van der Waals surface area contributed by atoms with Crippen molar-refractivity contribution in [3.8, 4) is 0 Å². The van der Waals surface area contributed by atoms with Crippen LogP contribution in [0.4, 0.5) is 11.4 Å². The van der Waals surface area contributed by atoms with Gasteiger partial charge >= 0.3 is 39.0 Å². The fraction of sp³-hybridized carbons (Fsp3) is 0.118. The van der Waals surface area contributed by atoms with E-state index in [4.69, 9.17) is 51.1 Å². The molecule has 2 radical (unpaired) electrons. The fourth-order valence-electron chi connectivity index (χ4n) is 3.42. The monoisotopic (exact) mass is 894 g/mol. The van der Waals surface area contributed by atoms with E-state index in [1.807, 2.05) is 72.8 Å². The van der Waals surface area contributed by atoms with Gasteiger partial charge in [-0.1, -0.05) is 84.2 Å². The van der Waals surface area contributed by atoms with Gasteiger partial charge in [0.1, 0.15) is 11.7 Å². The average molecular weight is 895 g/mol. The zero-order valence-corrected chi connectivity index (χ0v) is 31.9. The van der Waals surface area contributed by atoms with Crippen LogP contribution in [0.1, 0.15) is 38.8 Å². The quantitative estimate of drug-likeness (QED) is 0.239. The van der Waals surface area contributed by atoms with E-state index < -0.39 is 23.9 Å². The predicted molar refractivity (Wildman–Crippen MR) is 178 cm³/mol. The van der Waals surface area contributed by atoms with E-state index in [1.165, 1.54) is 0 Å². The number of aliphatic carboxylic acids is 4. The third-order valence-electron chi connectivity index (χ3n) is 4.98. The second kappa shape index (κ2) is 25.6. The molecule has 0 unspecified atom stereocenters. The van der Waals surface area contributed by atoms with Crippen molar-refractivity contribution in [1.29, 1.82) is 0 Å². The molecule has 0 bridgehead atoms. The summed E-state index contributed by atoms with van der Waals surface area (Å²) in [5.74, 6) is -3.15. The molecule has 0 spiro atoms. The first-order valence-corrected chi connectivity index (χ1v) is 15.4. The minimum Gasteiger partial charge on any atom is -0.550 e. The molecule has 0 aromatic heterocycles. The number of nitrogens with zero attached hydrogens (tertiary/aromatic N) is 2. The van der Waals surface area contributed by atoms with Crippen LogP contribution in [0.2, 0.25) is 0 Å². The molecule has 0 fully saturated rings. The standard InChI is InChI=1S/2C13H10N2S.4C2H4O2.2Rh/c2*14-13-9-5-1-3-7-11(9)16-12-8-4-2-6-10(12)15-13;4*1-2(3)4;;/h2*1-8H,(H2,14,15);4*1H3,(H,3,4);;/q;;;;;;2*+2/p-4. The Kier molecular flexibility index (Phi) is 24.4. The molecular formula is C34H32N4O8Rh2S2. The van der Waals surface area contributed by atoms with Gasteiger partial charge < -0.3 is 51.1 Å². The Balaban J connectivity index is 0. The molecule has 4 aromatic rings. The van der Waals surface area contributed by atoms with Gasteiger partial charge in [-0.25, -0.2) is 9.98 Å². The number of carbonyl (C=O) groups excluding carboxylic acids is 4. The summed E-state index contributed by atoms with van der Waals surface area (Å²) >= 11 is 3.42. The first-order valence-electron chi connectivity index (χ1n) is 13.7. The van der Waals surface area contributed by atoms with Gasteiger partial charge in [0.05, 0.1) is 11.4 Å². The third-order valence-corrected chi connectivity index (χ3v) is 7.26. The Morgan fingerprint density at radius 3 is 0.960 bits per heavy atom.